The van der Waals surface area contributed by atoms with Gasteiger partial charge in [-0.1, -0.05) is 42.0 Å². The van der Waals surface area contributed by atoms with Crippen LogP contribution in [0, 0.1) is 6.92 Å². The Morgan fingerprint density at radius 1 is 0.963 bits per heavy atom. The summed E-state index contributed by atoms with van der Waals surface area (Å²) in [7, 11) is 1.70. The van der Waals surface area contributed by atoms with Gasteiger partial charge >= 0.3 is 0 Å². The molecule has 6 heteroatoms. The van der Waals surface area contributed by atoms with Crippen LogP contribution in [0.4, 0.5) is 0 Å². The third kappa shape index (κ3) is 9.10. The molecule has 0 saturated heterocycles. The number of guanidine groups is 1. The second kappa shape index (κ2) is 13.4. The Hall–Kier alpha value is -1.80. The van der Waals surface area contributed by atoms with Crippen LogP contribution in [0.1, 0.15) is 23.6 Å². The van der Waals surface area contributed by atoms with Crippen molar-refractivity contribution in [1.82, 2.24) is 10.6 Å². The van der Waals surface area contributed by atoms with Crippen molar-refractivity contribution in [3.8, 4) is 5.75 Å². The maximum Gasteiger partial charge on any atom is 0.191 e. The molecule has 0 aliphatic carbocycles. The normalized spacial score (nSPS) is 10.9. The lowest BCUT2D eigenvalue weighted by Crippen LogP contribution is -2.39. The average molecular weight is 483 g/mol. The number of nitrogens with zero attached hydrogens (tertiary/aromatic N) is 1. The number of hydrogen-bond acceptors (Lipinski definition) is 3. The van der Waals surface area contributed by atoms with Gasteiger partial charge in [0, 0.05) is 13.7 Å². The van der Waals surface area contributed by atoms with E-state index in [2.05, 4.69) is 53.7 Å². The van der Waals surface area contributed by atoms with Crippen LogP contribution in [-0.4, -0.2) is 32.8 Å². The number of aryl methyl sites for hydroxylation is 1. The summed E-state index contributed by atoms with van der Waals surface area (Å²) in [5, 5.41) is 6.55. The van der Waals surface area contributed by atoms with Crippen LogP contribution in [0.3, 0.4) is 0 Å². The van der Waals surface area contributed by atoms with Gasteiger partial charge in [0.05, 0.1) is 19.7 Å². The first kappa shape index (κ1) is 23.2. The van der Waals surface area contributed by atoms with Gasteiger partial charge in [0.15, 0.2) is 5.96 Å². The van der Waals surface area contributed by atoms with Crippen molar-refractivity contribution in [1.29, 1.82) is 0 Å². The fourth-order valence-corrected chi connectivity index (χ4v) is 2.39. The Labute approximate surface area is 179 Å². The number of rotatable bonds is 9. The van der Waals surface area contributed by atoms with Crippen molar-refractivity contribution < 1.29 is 9.47 Å². The molecule has 5 nitrogen and oxygen atoms in total. The lowest BCUT2D eigenvalue weighted by atomic mass is 10.1. The average Bonchev–Trinajstić information content (AvgIpc) is 2.66. The Morgan fingerprint density at radius 3 is 2.26 bits per heavy atom. The molecule has 0 atom stereocenters. The molecule has 0 heterocycles. The zero-order valence-corrected chi connectivity index (χ0v) is 18.7. The molecule has 0 saturated carbocycles. The number of hydrogen-bond donors (Lipinski definition) is 2. The van der Waals surface area contributed by atoms with E-state index in [-0.39, 0.29) is 24.0 Å². The fourth-order valence-electron chi connectivity index (χ4n) is 2.39. The summed E-state index contributed by atoms with van der Waals surface area (Å²) in [6.45, 7) is 7.47. The summed E-state index contributed by atoms with van der Waals surface area (Å²) < 4.78 is 10.9. The predicted octanol–water partition coefficient (Wildman–Crippen LogP) is 3.89. The molecule has 0 aliphatic heterocycles. The van der Waals surface area contributed by atoms with Crippen molar-refractivity contribution in [3.05, 3.63) is 65.2 Å². The number of aliphatic imine (C=N–C) groups is 1. The van der Waals surface area contributed by atoms with E-state index in [9.17, 15) is 0 Å². The standard InChI is InChI=1S/C21H29N3O2.HI/c1-4-22-21(23-13-14-26-20-11-5-17(2)6-12-20)24-15-18-7-9-19(10-8-18)16-25-3;/h5-12H,4,13-16H2,1-3H3,(H2,22,23,24);1H. The number of nitrogens with one attached hydrogen (secondary N) is 2. The minimum absolute atomic E-state index is 0. The Balaban J connectivity index is 0.00000364. The summed E-state index contributed by atoms with van der Waals surface area (Å²) in [4.78, 5) is 4.62. The van der Waals surface area contributed by atoms with Crippen LogP contribution in [0.5, 0.6) is 5.75 Å². The summed E-state index contributed by atoms with van der Waals surface area (Å²) >= 11 is 0. The molecule has 2 N–H and O–H groups in total. The molecule has 148 valence electrons. The van der Waals surface area contributed by atoms with E-state index in [1.165, 1.54) is 11.1 Å². The first-order chi connectivity index (χ1) is 12.7. The van der Waals surface area contributed by atoms with Gasteiger partial charge in [-0.25, -0.2) is 4.99 Å². The number of ether oxygens (including phenoxy) is 2. The van der Waals surface area contributed by atoms with Crippen molar-refractivity contribution in [3.63, 3.8) is 0 Å². The molecule has 2 rings (SSSR count). The lowest BCUT2D eigenvalue weighted by molar-refractivity contribution is 0.185. The molecule has 0 spiro atoms. The van der Waals surface area contributed by atoms with Gasteiger partial charge in [-0.15, -0.1) is 24.0 Å². The maximum atomic E-state index is 5.73. The predicted molar refractivity (Wildman–Crippen MR) is 122 cm³/mol. The lowest BCUT2D eigenvalue weighted by Gasteiger charge is -2.12. The summed E-state index contributed by atoms with van der Waals surface area (Å²) in [6, 6.07) is 16.4. The second-order valence-corrected chi connectivity index (χ2v) is 6.03. The van der Waals surface area contributed by atoms with Crippen molar-refractivity contribution >= 4 is 29.9 Å². The Kier molecular flexibility index (Phi) is 11.5. The number of methoxy groups -OCH3 is 1. The molecular weight excluding hydrogens is 453 g/mol. The summed E-state index contributed by atoms with van der Waals surface area (Å²) in [5.74, 6) is 1.68. The molecule has 2 aromatic rings. The van der Waals surface area contributed by atoms with E-state index in [0.29, 0.717) is 26.3 Å². The van der Waals surface area contributed by atoms with E-state index < -0.39 is 0 Å². The largest absolute Gasteiger partial charge is 0.492 e. The zero-order chi connectivity index (χ0) is 18.6. The second-order valence-electron chi connectivity index (χ2n) is 6.03. The number of benzene rings is 2. The minimum atomic E-state index is 0. The molecule has 27 heavy (non-hydrogen) atoms. The third-order valence-electron chi connectivity index (χ3n) is 3.78. The molecule has 0 unspecified atom stereocenters. The van der Waals surface area contributed by atoms with Gasteiger partial charge in [0.25, 0.3) is 0 Å². The first-order valence-electron chi connectivity index (χ1n) is 8.99. The van der Waals surface area contributed by atoms with Gasteiger partial charge in [-0.05, 0) is 37.1 Å². The van der Waals surface area contributed by atoms with Crippen LogP contribution >= 0.6 is 24.0 Å². The van der Waals surface area contributed by atoms with E-state index in [4.69, 9.17) is 9.47 Å². The maximum absolute atomic E-state index is 5.73. The fraction of sp³-hybridized carbons (Fsp3) is 0.381. The highest BCUT2D eigenvalue weighted by molar-refractivity contribution is 14.0. The molecule has 0 amide bonds. The van der Waals surface area contributed by atoms with Crippen LogP contribution in [0.15, 0.2) is 53.5 Å². The van der Waals surface area contributed by atoms with Crippen LogP contribution < -0.4 is 15.4 Å². The van der Waals surface area contributed by atoms with E-state index in [1.54, 1.807) is 7.11 Å². The quantitative estimate of drug-likeness (QED) is 0.246. The highest BCUT2D eigenvalue weighted by Crippen LogP contribution is 2.10. The molecule has 2 aromatic carbocycles. The monoisotopic (exact) mass is 483 g/mol. The number of halogens is 1. The molecular formula is C21H30IN3O2. The van der Waals surface area contributed by atoms with E-state index in [1.807, 2.05) is 24.3 Å². The van der Waals surface area contributed by atoms with Crippen molar-refractivity contribution in [2.24, 2.45) is 4.99 Å². The van der Waals surface area contributed by atoms with Gasteiger partial charge < -0.3 is 20.1 Å². The van der Waals surface area contributed by atoms with Gasteiger partial charge in [0.1, 0.15) is 12.4 Å². The minimum Gasteiger partial charge on any atom is -0.492 e. The molecule has 0 radical (unpaired) electrons. The topological polar surface area (TPSA) is 54.9 Å². The van der Waals surface area contributed by atoms with Crippen LogP contribution in [0.25, 0.3) is 0 Å². The Morgan fingerprint density at radius 2 is 1.63 bits per heavy atom. The van der Waals surface area contributed by atoms with Crippen molar-refractivity contribution in [2.45, 2.75) is 27.0 Å². The van der Waals surface area contributed by atoms with Crippen molar-refractivity contribution in [2.75, 3.05) is 26.8 Å². The zero-order valence-electron chi connectivity index (χ0n) is 16.3. The summed E-state index contributed by atoms with van der Waals surface area (Å²) in [5.41, 5.74) is 3.56. The first-order valence-corrected chi connectivity index (χ1v) is 8.99. The van der Waals surface area contributed by atoms with Gasteiger partial charge in [-0.3, -0.25) is 0 Å². The van der Waals surface area contributed by atoms with E-state index in [0.717, 1.165) is 23.8 Å². The highest BCUT2D eigenvalue weighted by Gasteiger charge is 1.99. The molecule has 0 fully saturated rings. The SMILES string of the molecule is CCNC(=NCc1ccc(COC)cc1)NCCOc1ccc(C)cc1.I. The van der Waals surface area contributed by atoms with Gasteiger partial charge in [-0.2, -0.15) is 0 Å². The Bertz CT molecular complexity index is 673. The molecule has 0 aliphatic rings. The third-order valence-corrected chi connectivity index (χ3v) is 3.78. The van der Waals surface area contributed by atoms with Crippen LogP contribution in [-0.2, 0) is 17.9 Å². The summed E-state index contributed by atoms with van der Waals surface area (Å²) in [6.07, 6.45) is 0. The molecule has 0 aromatic heterocycles. The molecule has 0 bridgehead atoms. The smallest absolute Gasteiger partial charge is 0.191 e. The van der Waals surface area contributed by atoms with Crippen LogP contribution in [0.2, 0.25) is 0 Å². The van der Waals surface area contributed by atoms with Gasteiger partial charge in [0.2, 0.25) is 0 Å². The van der Waals surface area contributed by atoms with E-state index >= 15 is 0 Å². The highest BCUT2D eigenvalue weighted by atomic mass is 127.